The lowest BCUT2D eigenvalue weighted by Gasteiger charge is -2.16. The number of esters is 1. The van der Waals surface area contributed by atoms with Gasteiger partial charge in [0.2, 0.25) is 0 Å². The molecule has 1 fully saturated rings. The number of ether oxygens (including phenoxy) is 1. The number of likely N-dealkylation sites (tertiary alicyclic amines) is 1. The summed E-state index contributed by atoms with van der Waals surface area (Å²) in [7, 11) is 1.41. The number of nitro groups is 1. The Bertz CT molecular complexity index is 564. The molecule has 1 aliphatic rings. The fourth-order valence-corrected chi connectivity index (χ4v) is 3.17. The molecule has 1 aliphatic heterocycles. The number of non-ortho nitro benzene ring substituents is 1. The predicted octanol–water partition coefficient (Wildman–Crippen LogP) is 2.60. The molecule has 0 spiro atoms. The number of hydrogen-bond donors (Lipinski definition) is 0. The summed E-state index contributed by atoms with van der Waals surface area (Å²) in [6, 6.07) is 4.75. The van der Waals surface area contributed by atoms with E-state index in [4.69, 9.17) is 4.74 Å². The lowest BCUT2D eigenvalue weighted by Crippen LogP contribution is -2.24. The molecule has 114 valence electrons. The van der Waals surface area contributed by atoms with E-state index in [0.29, 0.717) is 17.6 Å². The Hall–Kier alpha value is -1.47. The Balaban J connectivity index is 2.06. The third kappa shape index (κ3) is 3.59. The van der Waals surface area contributed by atoms with Crippen LogP contribution in [0.3, 0.4) is 0 Å². The van der Waals surface area contributed by atoms with E-state index in [1.807, 2.05) is 6.92 Å². The Morgan fingerprint density at radius 3 is 2.81 bits per heavy atom. The first-order chi connectivity index (χ1) is 9.92. The van der Waals surface area contributed by atoms with Crippen LogP contribution in [0.25, 0.3) is 0 Å². The van der Waals surface area contributed by atoms with E-state index in [2.05, 4.69) is 20.8 Å². The number of halogens is 1. The highest BCUT2D eigenvalue weighted by molar-refractivity contribution is 9.10. The van der Waals surface area contributed by atoms with E-state index in [0.717, 1.165) is 12.1 Å². The molecule has 0 radical (unpaired) electrons. The third-order valence-corrected chi connectivity index (χ3v) is 4.57. The maximum Gasteiger partial charge on any atom is 0.310 e. The molecule has 7 heteroatoms. The lowest BCUT2D eigenvalue weighted by molar-refractivity contribution is -0.384. The topological polar surface area (TPSA) is 72.7 Å². The zero-order chi connectivity index (χ0) is 15.6. The summed E-state index contributed by atoms with van der Waals surface area (Å²) in [4.78, 5) is 24.1. The van der Waals surface area contributed by atoms with Crippen LogP contribution in [0.4, 0.5) is 5.69 Å². The minimum Gasteiger partial charge on any atom is -0.469 e. The molecule has 0 amide bonds. The quantitative estimate of drug-likeness (QED) is 0.471. The highest BCUT2D eigenvalue weighted by Crippen LogP contribution is 2.29. The number of rotatable bonds is 4. The standard InChI is InChI=1S/C14H17BrN2O4/c1-9-6-16(8-12(9)14(18)21-2)7-10-3-4-11(17(19)20)5-13(10)15/h3-5,9,12H,6-8H2,1-2H3. The molecule has 2 rings (SSSR count). The van der Waals surface area contributed by atoms with Gasteiger partial charge < -0.3 is 4.74 Å². The molecule has 21 heavy (non-hydrogen) atoms. The van der Waals surface area contributed by atoms with Crippen LogP contribution in [0.5, 0.6) is 0 Å². The second kappa shape index (κ2) is 6.53. The van der Waals surface area contributed by atoms with Crippen LogP contribution >= 0.6 is 15.9 Å². The number of benzene rings is 1. The highest BCUT2D eigenvalue weighted by Gasteiger charge is 2.35. The third-order valence-electron chi connectivity index (χ3n) is 3.83. The summed E-state index contributed by atoms with van der Waals surface area (Å²) in [5, 5.41) is 10.7. The van der Waals surface area contributed by atoms with Crippen LogP contribution in [0.15, 0.2) is 22.7 Å². The number of hydrogen-bond acceptors (Lipinski definition) is 5. The summed E-state index contributed by atoms with van der Waals surface area (Å²) in [6.45, 7) is 4.14. The summed E-state index contributed by atoms with van der Waals surface area (Å²) in [5.41, 5.74) is 1.03. The van der Waals surface area contributed by atoms with Gasteiger partial charge in [-0.15, -0.1) is 0 Å². The van der Waals surface area contributed by atoms with Gasteiger partial charge in [0.25, 0.3) is 5.69 Å². The Morgan fingerprint density at radius 2 is 2.24 bits per heavy atom. The molecule has 0 saturated carbocycles. The van der Waals surface area contributed by atoms with Crippen molar-refractivity contribution in [3.05, 3.63) is 38.3 Å². The van der Waals surface area contributed by atoms with E-state index < -0.39 is 4.92 Å². The Morgan fingerprint density at radius 1 is 1.52 bits per heavy atom. The van der Waals surface area contributed by atoms with Crippen molar-refractivity contribution in [2.45, 2.75) is 13.5 Å². The molecule has 0 bridgehead atoms. The summed E-state index contributed by atoms with van der Waals surface area (Å²) >= 11 is 3.37. The first-order valence-electron chi connectivity index (χ1n) is 6.65. The average molecular weight is 357 g/mol. The Labute approximate surface area is 131 Å². The number of nitro benzene ring substituents is 1. The zero-order valence-electron chi connectivity index (χ0n) is 11.9. The fraction of sp³-hybridized carbons (Fsp3) is 0.500. The molecule has 2 unspecified atom stereocenters. The van der Waals surface area contributed by atoms with Gasteiger partial charge in [-0.1, -0.05) is 22.9 Å². The zero-order valence-corrected chi connectivity index (χ0v) is 13.5. The maximum absolute atomic E-state index is 11.7. The molecule has 1 heterocycles. The van der Waals surface area contributed by atoms with E-state index in [1.54, 1.807) is 6.07 Å². The van der Waals surface area contributed by atoms with E-state index in [1.165, 1.54) is 19.2 Å². The second-order valence-electron chi connectivity index (χ2n) is 5.33. The van der Waals surface area contributed by atoms with Crippen molar-refractivity contribution in [2.24, 2.45) is 11.8 Å². The fourth-order valence-electron chi connectivity index (χ4n) is 2.67. The van der Waals surface area contributed by atoms with Crippen LogP contribution in [-0.4, -0.2) is 36.0 Å². The molecule has 6 nitrogen and oxygen atoms in total. The van der Waals surface area contributed by atoms with Gasteiger partial charge in [-0.05, 0) is 17.5 Å². The normalized spacial score (nSPS) is 22.2. The van der Waals surface area contributed by atoms with Crippen molar-refractivity contribution in [3.63, 3.8) is 0 Å². The molecule has 2 atom stereocenters. The Kier molecular flexibility index (Phi) is 4.95. The summed E-state index contributed by atoms with van der Waals surface area (Å²) < 4.78 is 5.53. The van der Waals surface area contributed by atoms with Gasteiger partial charge in [0, 0.05) is 36.2 Å². The number of methoxy groups -OCH3 is 1. The van der Waals surface area contributed by atoms with Crippen molar-refractivity contribution in [1.82, 2.24) is 4.90 Å². The summed E-state index contributed by atoms with van der Waals surface area (Å²) in [6.07, 6.45) is 0. The van der Waals surface area contributed by atoms with Crippen molar-refractivity contribution in [1.29, 1.82) is 0 Å². The molecule has 1 saturated heterocycles. The lowest BCUT2D eigenvalue weighted by atomic mass is 9.99. The van der Waals surface area contributed by atoms with E-state index >= 15 is 0 Å². The van der Waals surface area contributed by atoms with Crippen LogP contribution in [0, 0.1) is 22.0 Å². The average Bonchev–Trinajstić information content (AvgIpc) is 2.81. The van der Waals surface area contributed by atoms with Gasteiger partial charge in [0.1, 0.15) is 0 Å². The number of nitrogens with zero attached hydrogens (tertiary/aromatic N) is 2. The maximum atomic E-state index is 11.7. The van der Waals surface area contributed by atoms with Crippen molar-refractivity contribution in [3.8, 4) is 0 Å². The van der Waals surface area contributed by atoms with Gasteiger partial charge in [0.15, 0.2) is 0 Å². The van der Waals surface area contributed by atoms with E-state index in [9.17, 15) is 14.9 Å². The molecule has 0 aromatic heterocycles. The van der Waals surface area contributed by atoms with Crippen molar-refractivity contribution < 1.29 is 14.5 Å². The predicted molar refractivity (Wildman–Crippen MR) is 80.7 cm³/mol. The largest absolute Gasteiger partial charge is 0.469 e. The first kappa shape index (κ1) is 15.9. The molecule has 0 N–H and O–H groups in total. The van der Waals surface area contributed by atoms with Crippen molar-refractivity contribution >= 4 is 27.6 Å². The van der Waals surface area contributed by atoms with Crippen molar-refractivity contribution in [2.75, 3.05) is 20.2 Å². The van der Waals surface area contributed by atoms with Crippen LogP contribution < -0.4 is 0 Å². The van der Waals surface area contributed by atoms with Crippen LogP contribution in [0.2, 0.25) is 0 Å². The van der Waals surface area contributed by atoms with Crippen LogP contribution in [-0.2, 0) is 16.1 Å². The second-order valence-corrected chi connectivity index (χ2v) is 6.19. The van der Waals surface area contributed by atoms with Gasteiger partial charge in [0.05, 0.1) is 18.0 Å². The van der Waals surface area contributed by atoms with Gasteiger partial charge >= 0.3 is 5.97 Å². The molecule has 0 aliphatic carbocycles. The highest BCUT2D eigenvalue weighted by atomic mass is 79.9. The molecular formula is C14H17BrN2O4. The molecular weight excluding hydrogens is 340 g/mol. The number of carbonyl (C=O) groups excluding carboxylic acids is 1. The SMILES string of the molecule is COC(=O)C1CN(Cc2ccc([N+](=O)[O-])cc2Br)CC1C. The van der Waals surface area contributed by atoms with Crippen LogP contribution in [0.1, 0.15) is 12.5 Å². The van der Waals surface area contributed by atoms with Gasteiger partial charge in [-0.3, -0.25) is 19.8 Å². The molecule has 1 aromatic carbocycles. The monoisotopic (exact) mass is 356 g/mol. The number of carbonyl (C=O) groups is 1. The smallest absolute Gasteiger partial charge is 0.310 e. The minimum atomic E-state index is -0.417. The molecule has 1 aromatic rings. The van der Waals surface area contributed by atoms with Gasteiger partial charge in [-0.2, -0.15) is 0 Å². The van der Waals surface area contributed by atoms with Gasteiger partial charge in [-0.25, -0.2) is 0 Å². The van der Waals surface area contributed by atoms with E-state index in [-0.39, 0.29) is 23.5 Å². The summed E-state index contributed by atoms with van der Waals surface area (Å²) in [5.74, 6) is -0.0335. The minimum absolute atomic E-state index is 0.0628. The first-order valence-corrected chi connectivity index (χ1v) is 7.44.